The molecule has 6 heteroatoms. The van der Waals surface area contributed by atoms with Crippen LogP contribution in [0.1, 0.15) is 161 Å². The maximum atomic E-state index is 11.3. The number of hydrogen-bond donors (Lipinski definition) is 3. The van der Waals surface area contributed by atoms with Gasteiger partial charge in [0.1, 0.15) is 36.4 Å². The molecule has 2 saturated carbocycles. The molecule has 6 nitrogen and oxygen atoms in total. The normalized spacial score (nSPS) is 18.0. The highest BCUT2D eigenvalue weighted by Crippen LogP contribution is 2.49. The fourth-order valence-corrected chi connectivity index (χ4v) is 9.20. The van der Waals surface area contributed by atoms with Gasteiger partial charge in [-0.15, -0.1) is 0 Å². The van der Waals surface area contributed by atoms with Gasteiger partial charge in [-0.3, -0.25) is 4.79 Å². The molecule has 0 bridgehead atoms. The molecule has 3 fully saturated rings. The summed E-state index contributed by atoms with van der Waals surface area (Å²) in [5.74, 6) is 13.6. The lowest BCUT2D eigenvalue weighted by atomic mass is 9.70. The summed E-state index contributed by atoms with van der Waals surface area (Å²) in [6.45, 7) is 21.7. The lowest BCUT2D eigenvalue weighted by molar-refractivity contribution is -0.142. The molecular weight excluding hydrogens is 781 g/mol. The van der Waals surface area contributed by atoms with Crippen LogP contribution in [0.15, 0.2) is 72.8 Å². The molecular formula is C57H70O6. The number of phenolic OH excluding ortho intramolecular Hbond substituents is 1. The van der Waals surface area contributed by atoms with Gasteiger partial charge in [0.25, 0.3) is 0 Å². The van der Waals surface area contributed by atoms with Crippen molar-refractivity contribution in [2.45, 2.75) is 163 Å². The quantitative estimate of drug-likeness (QED) is 0.0916. The average Bonchev–Trinajstić information content (AvgIpc) is 4.18. The standard InChI is InChI=1S/C31H38O4.C26H32O2/c1-6-31(7-2,24-10-8-23(21(3)18-24)9-14-28(32)30(5)16-17-30)25-11-13-27(22(4)19-25)34-20-26-12-15-29(33)35-26;1-6-26(7-2,22-11-12-23(27)19(4)17-22)21-10-8-20(18(3)16-21)9-13-24(28)25(5)14-15-25/h8,10-11,13,18-19,26,28,32H,6-7,12,15-17,20H2,1-5H3;8,10-12,16-17,24,27-28H,6-7,14-15H2,1-5H3/t26-,28?;/m1./s1. The molecule has 1 saturated heterocycles. The van der Waals surface area contributed by atoms with Crippen LogP contribution >= 0.6 is 0 Å². The smallest absolute Gasteiger partial charge is 0.306 e. The number of cyclic esters (lactones) is 1. The van der Waals surface area contributed by atoms with Gasteiger partial charge in [0, 0.05) is 39.2 Å². The molecule has 3 N–H and O–H groups in total. The van der Waals surface area contributed by atoms with Crippen molar-refractivity contribution in [3.63, 3.8) is 0 Å². The molecule has 2 aliphatic carbocycles. The summed E-state index contributed by atoms with van der Waals surface area (Å²) in [6.07, 6.45) is 8.08. The van der Waals surface area contributed by atoms with E-state index in [1.165, 1.54) is 22.3 Å². The Balaban J connectivity index is 0.000000215. The second-order valence-corrected chi connectivity index (χ2v) is 19.2. The zero-order valence-electron chi connectivity index (χ0n) is 39.5. The van der Waals surface area contributed by atoms with Crippen LogP contribution in [-0.4, -0.2) is 46.2 Å². The van der Waals surface area contributed by atoms with E-state index in [1.807, 2.05) is 19.1 Å². The van der Waals surface area contributed by atoms with Crippen LogP contribution in [-0.2, 0) is 20.4 Å². The van der Waals surface area contributed by atoms with Crippen LogP contribution in [0.25, 0.3) is 0 Å². The van der Waals surface area contributed by atoms with Gasteiger partial charge >= 0.3 is 5.97 Å². The first-order valence-electron chi connectivity index (χ1n) is 23.3. The monoisotopic (exact) mass is 851 g/mol. The summed E-state index contributed by atoms with van der Waals surface area (Å²) in [5.41, 5.74) is 11.1. The Morgan fingerprint density at radius 3 is 1.43 bits per heavy atom. The number of ether oxygens (including phenoxy) is 2. The van der Waals surface area contributed by atoms with Crippen LogP contribution in [0, 0.1) is 62.2 Å². The Morgan fingerprint density at radius 1 is 0.651 bits per heavy atom. The number of hydrogen-bond acceptors (Lipinski definition) is 6. The highest BCUT2D eigenvalue weighted by atomic mass is 16.6. The van der Waals surface area contributed by atoms with E-state index >= 15 is 0 Å². The van der Waals surface area contributed by atoms with Crippen LogP contribution < -0.4 is 4.74 Å². The molecule has 0 spiro atoms. The minimum Gasteiger partial charge on any atom is -0.508 e. The summed E-state index contributed by atoms with van der Waals surface area (Å²) < 4.78 is 11.3. The summed E-state index contributed by atoms with van der Waals surface area (Å²) in [5, 5.41) is 30.6. The van der Waals surface area contributed by atoms with E-state index in [2.05, 4.69) is 141 Å². The molecule has 4 aromatic rings. The first-order chi connectivity index (χ1) is 30.0. The molecule has 63 heavy (non-hydrogen) atoms. The zero-order valence-corrected chi connectivity index (χ0v) is 39.5. The largest absolute Gasteiger partial charge is 0.508 e. The first kappa shape index (κ1) is 47.5. The third-order valence-electron chi connectivity index (χ3n) is 14.9. The lowest BCUT2D eigenvalue weighted by Crippen LogP contribution is -2.26. The van der Waals surface area contributed by atoms with Crippen LogP contribution in [0.3, 0.4) is 0 Å². The third kappa shape index (κ3) is 10.4. The number of phenols is 1. The first-order valence-corrected chi connectivity index (χ1v) is 23.3. The Labute approximate surface area is 377 Å². The van der Waals surface area contributed by atoms with Crippen LogP contribution in [0.5, 0.6) is 11.5 Å². The maximum absolute atomic E-state index is 11.3. The van der Waals surface area contributed by atoms with Crippen LogP contribution in [0.4, 0.5) is 0 Å². The zero-order chi connectivity index (χ0) is 45.7. The molecule has 0 aromatic heterocycles. The number of esters is 1. The highest BCUT2D eigenvalue weighted by molar-refractivity contribution is 5.71. The van der Waals surface area contributed by atoms with Gasteiger partial charge in [-0.05, 0) is 154 Å². The second kappa shape index (κ2) is 19.4. The van der Waals surface area contributed by atoms with Crippen molar-refractivity contribution in [2.75, 3.05) is 6.61 Å². The molecule has 334 valence electrons. The van der Waals surface area contributed by atoms with E-state index in [9.17, 15) is 20.1 Å². The van der Waals surface area contributed by atoms with Crippen molar-refractivity contribution in [1.29, 1.82) is 0 Å². The predicted octanol–water partition coefficient (Wildman–Crippen LogP) is 11.6. The fourth-order valence-electron chi connectivity index (χ4n) is 9.20. The number of aromatic hydroxyl groups is 1. The molecule has 3 aliphatic rings. The molecule has 2 unspecified atom stereocenters. The van der Waals surface area contributed by atoms with E-state index in [4.69, 9.17) is 9.47 Å². The van der Waals surface area contributed by atoms with Gasteiger partial charge in [-0.1, -0.05) is 114 Å². The Bertz CT molecular complexity index is 2400. The topological polar surface area (TPSA) is 96.2 Å². The van der Waals surface area contributed by atoms with E-state index in [1.54, 1.807) is 6.07 Å². The van der Waals surface area contributed by atoms with Crippen molar-refractivity contribution in [2.24, 2.45) is 10.8 Å². The predicted molar refractivity (Wildman–Crippen MR) is 254 cm³/mol. The Hall–Kier alpha value is -5.01. The minimum absolute atomic E-state index is 0.00283. The van der Waals surface area contributed by atoms with Crippen LogP contribution in [0.2, 0.25) is 0 Å². The van der Waals surface area contributed by atoms with E-state index < -0.39 is 12.2 Å². The minimum atomic E-state index is -0.559. The third-order valence-corrected chi connectivity index (χ3v) is 14.9. The Kier molecular flexibility index (Phi) is 14.6. The highest BCUT2D eigenvalue weighted by Gasteiger charge is 2.44. The number of aliphatic hydroxyl groups is 2. The molecule has 1 aliphatic heterocycles. The summed E-state index contributed by atoms with van der Waals surface area (Å²) in [4.78, 5) is 11.3. The summed E-state index contributed by atoms with van der Waals surface area (Å²) >= 11 is 0. The van der Waals surface area contributed by atoms with Gasteiger partial charge in [0.05, 0.1) is 0 Å². The molecule has 4 aromatic carbocycles. The SMILES string of the molecule is CCC(CC)(c1ccc(C#CC(O)C2(C)CC2)c(C)c1)c1ccc(OC[C@H]2CCC(=O)O2)c(C)c1.CCC(CC)(c1ccc(O)c(C)c1)c1ccc(C#CC(O)C2(C)CC2)c(C)c1. The average molecular weight is 851 g/mol. The molecule has 0 amide bonds. The number of benzene rings is 4. The van der Waals surface area contributed by atoms with Gasteiger partial charge in [-0.25, -0.2) is 0 Å². The molecule has 1 heterocycles. The number of carbonyl (C=O) groups excluding carboxylic acids is 1. The van der Waals surface area contributed by atoms with Gasteiger partial charge in [0.15, 0.2) is 0 Å². The van der Waals surface area contributed by atoms with Crippen molar-refractivity contribution < 1.29 is 29.6 Å². The van der Waals surface area contributed by atoms with Gasteiger partial charge in [-0.2, -0.15) is 0 Å². The molecule has 7 rings (SSSR count). The lowest BCUT2D eigenvalue weighted by Gasteiger charge is -2.34. The van der Waals surface area contributed by atoms with Gasteiger partial charge in [0.2, 0.25) is 0 Å². The van der Waals surface area contributed by atoms with Crippen molar-refractivity contribution in [1.82, 2.24) is 0 Å². The van der Waals surface area contributed by atoms with Crippen molar-refractivity contribution in [3.8, 4) is 35.2 Å². The summed E-state index contributed by atoms with van der Waals surface area (Å²) in [6, 6.07) is 25.5. The fraction of sp³-hybridized carbons (Fsp3) is 0.491. The Morgan fingerprint density at radius 2 is 1.06 bits per heavy atom. The van der Waals surface area contributed by atoms with Gasteiger partial charge < -0.3 is 24.8 Å². The number of rotatable bonds is 13. The molecule has 3 atom stereocenters. The van der Waals surface area contributed by atoms with E-state index in [0.29, 0.717) is 18.8 Å². The number of carbonyl (C=O) groups is 1. The number of aryl methyl sites for hydroxylation is 4. The second-order valence-electron chi connectivity index (χ2n) is 19.2. The van der Waals surface area contributed by atoms with E-state index in [0.717, 1.165) is 96.9 Å². The van der Waals surface area contributed by atoms with Crippen molar-refractivity contribution in [3.05, 3.63) is 128 Å². The van der Waals surface area contributed by atoms with Crippen molar-refractivity contribution >= 4 is 5.97 Å². The maximum Gasteiger partial charge on any atom is 0.306 e. The molecule has 0 radical (unpaired) electrons. The number of aliphatic hydroxyl groups excluding tert-OH is 2. The summed E-state index contributed by atoms with van der Waals surface area (Å²) in [7, 11) is 0. The van der Waals surface area contributed by atoms with E-state index in [-0.39, 0.29) is 33.7 Å².